The summed E-state index contributed by atoms with van der Waals surface area (Å²) < 4.78 is 5.90. The number of rotatable bonds is 2. The van der Waals surface area contributed by atoms with Gasteiger partial charge in [0.05, 0.1) is 16.6 Å². The zero-order chi connectivity index (χ0) is 19.4. The summed E-state index contributed by atoms with van der Waals surface area (Å²) in [6, 6.07) is 10.0. The van der Waals surface area contributed by atoms with Gasteiger partial charge in [0.2, 0.25) is 10.9 Å². The van der Waals surface area contributed by atoms with E-state index < -0.39 is 11.9 Å². The van der Waals surface area contributed by atoms with Crippen LogP contribution in [0.3, 0.4) is 0 Å². The highest BCUT2D eigenvalue weighted by Crippen LogP contribution is 2.41. The molecule has 28 heavy (non-hydrogen) atoms. The van der Waals surface area contributed by atoms with E-state index in [1.807, 2.05) is 26.0 Å². The highest BCUT2D eigenvalue weighted by molar-refractivity contribution is 7.15. The molecule has 0 saturated heterocycles. The van der Waals surface area contributed by atoms with Gasteiger partial charge in [0.25, 0.3) is 5.91 Å². The molecule has 0 spiro atoms. The number of pyridine rings is 1. The SMILES string of the molecule is Cc1ccc2oc3c(c(=O)c2c1)C(c1ccccn1)N(c1nnc(C)s1)C3=O. The van der Waals surface area contributed by atoms with Crippen molar-refractivity contribution in [1.82, 2.24) is 15.2 Å². The van der Waals surface area contributed by atoms with Gasteiger partial charge in [-0.1, -0.05) is 29.0 Å². The molecule has 1 aromatic carbocycles. The zero-order valence-corrected chi connectivity index (χ0v) is 15.9. The summed E-state index contributed by atoms with van der Waals surface area (Å²) in [6.07, 6.45) is 1.63. The Morgan fingerprint density at radius 1 is 1.11 bits per heavy atom. The summed E-state index contributed by atoms with van der Waals surface area (Å²) in [5, 5.41) is 9.72. The van der Waals surface area contributed by atoms with Crippen molar-refractivity contribution in [1.29, 1.82) is 0 Å². The predicted octanol–water partition coefficient (Wildman–Crippen LogP) is 3.41. The molecule has 1 atom stereocenters. The van der Waals surface area contributed by atoms with E-state index in [9.17, 15) is 9.59 Å². The van der Waals surface area contributed by atoms with E-state index in [0.29, 0.717) is 21.8 Å². The average molecular weight is 390 g/mol. The molecule has 8 heteroatoms. The van der Waals surface area contributed by atoms with Crippen LogP contribution in [0.4, 0.5) is 5.13 Å². The fourth-order valence-electron chi connectivity index (χ4n) is 3.49. The second-order valence-corrected chi connectivity index (χ2v) is 7.77. The minimum Gasteiger partial charge on any atom is -0.450 e. The van der Waals surface area contributed by atoms with Crippen LogP contribution in [0.1, 0.15) is 38.4 Å². The number of aromatic nitrogens is 3. The number of carbonyl (C=O) groups is 1. The molecular weight excluding hydrogens is 376 g/mol. The van der Waals surface area contributed by atoms with Crippen LogP contribution in [-0.2, 0) is 0 Å². The fraction of sp³-hybridized carbons (Fsp3) is 0.150. The first kappa shape index (κ1) is 16.8. The fourth-order valence-corrected chi connectivity index (χ4v) is 4.20. The maximum Gasteiger partial charge on any atom is 0.297 e. The zero-order valence-electron chi connectivity index (χ0n) is 15.0. The Hall–Kier alpha value is -3.39. The average Bonchev–Trinajstić information content (AvgIpc) is 3.24. The second kappa shape index (κ2) is 6.07. The van der Waals surface area contributed by atoms with Crippen molar-refractivity contribution in [3.63, 3.8) is 0 Å². The third kappa shape index (κ3) is 2.38. The Balaban J connectivity index is 1.84. The maximum absolute atomic E-state index is 13.4. The molecule has 1 aliphatic rings. The van der Waals surface area contributed by atoms with Crippen molar-refractivity contribution in [3.8, 4) is 0 Å². The van der Waals surface area contributed by atoms with Gasteiger partial charge in [-0.3, -0.25) is 19.5 Å². The Morgan fingerprint density at radius 2 is 1.96 bits per heavy atom. The molecule has 1 unspecified atom stereocenters. The molecule has 0 aliphatic carbocycles. The Labute approximate surface area is 163 Å². The summed E-state index contributed by atoms with van der Waals surface area (Å²) in [5.74, 6) is -0.383. The number of carbonyl (C=O) groups excluding carboxylic acids is 1. The Kier molecular flexibility index (Phi) is 3.63. The van der Waals surface area contributed by atoms with E-state index in [-0.39, 0.29) is 16.8 Å². The van der Waals surface area contributed by atoms with Gasteiger partial charge in [0, 0.05) is 6.20 Å². The van der Waals surface area contributed by atoms with E-state index >= 15 is 0 Å². The summed E-state index contributed by atoms with van der Waals surface area (Å²) >= 11 is 1.28. The number of fused-ring (bicyclic) bond motifs is 2. The molecule has 3 aromatic heterocycles. The third-order valence-electron chi connectivity index (χ3n) is 4.72. The molecule has 7 nitrogen and oxygen atoms in total. The van der Waals surface area contributed by atoms with Crippen molar-refractivity contribution >= 4 is 33.3 Å². The Bertz CT molecular complexity index is 1300. The first-order chi connectivity index (χ1) is 13.5. The molecular formula is C20H14N4O3S. The molecule has 4 aromatic rings. The van der Waals surface area contributed by atoms with Gasteiger partial charge >= 0.3 is 0 Å². The van der Waals surface area contributed by atoms with E-state index in [0.717, 1.165) is 10.6 Å². The van der Waals surface area contributed by atoms with Gasteiger partial charge in [-0.25, -0.2) is 0 Å². The maximum atomic E-state index is 13.4. The first-order valence-electron chi connectivity index (χ1n) is 8.66. The standard InChI is InChI=1S/C20H14N4O3S/c1-10-6-7-14-12(9-10)17(25)15-16(13-5-3-4-8-21-13)24(19(26)18(15)27-14)20-23-22-11(2)28-20/h3-9,16H,1-2H3. The van der Waals surface area contributed by atoms with Crippen LogP contribution in [-0.4, -0.2) is 21.1 Å². The minimum atomic E-state index is -0.711. The quantitative estimate of drug-likeness (QED) is 0.521. The second-order valence-electron chi connectivity index (χ2n) is 6.61. The van der Waals surface area contributed by atoms with Gasteiger partial charge < -0.3 is 4.42 Å². The van der Waals surface area contributed by atoms with E-state index in [1.165, 1.54) is 16.2 Å². The van der Waals surface area contributed by atoms with Gasteiger partial charge in [0.15, 0.2) is 5.43 Å². The summed E-state index contributed by atoms with van der Waals surface area (Å²) in [5.41, 5.74) is 1.96. The number of benzene rings is 1. The van der Waals surface area contributed by atoms with Crippen molar-refractivity contribution in [2.24, 2.45) is 0 Å². The number of amides is 1. The highest BCUT2D eigenvalue weighted by Gasteiger charge is 2.45. The monoisotopic (exact) mass is 390 g/mol. The van der Waals surface area contributed by atoms with Crippen LogP contribution < -0.4 is 10.3 Å². The van der Waals surface area contributed by atoms with E-state index in [4.69, 9.17) is 4.42 Å². The number of aryl methyl sites for hydroxylation is 2. The lowest BCUT2D eigenvalue weighted by Gasteiger charge is -2.20. The molecule has 1 aliphatic heterocycles. The lowest BCUT2D eigenvalue weighted by atomic mass is 10.0. The topological polar surface area (TPSA) is 89.2 Å². The predicted molar refractivity (Wildman–Crippen MR) is 105 cm³/mol. The van der Waals surface area contributed by atoms with Crippen molar-refractivity contribution in [2.45, 2.75) is 19.9 Å². The third-order valence-corrected chi connectivity index (χ3v) is 5.55. The number of nitrogens with zero attached hydrogens (tertiary/aromatic N) is 4. The summed E-state index contributed by atoms with van der Waals surface area (Å²) in [6.45, 7) is 3.72. The van der Waals surface area contributed by atoms with Crippen LogP contribution in [0.5, 0.6) is 0 Å². The lowest BCUT2D eigenvalue weighted by Crippen LogP contribution is -2.30. The van der Waals surface area contributed by atoms with E-state index in [1.54, 1.807) is 30.5 Å². The molecule has 4 heterocycles. The largest absolute Gasteiger partial charge is 0.450 e. The van der Waals surface area contributed by atoms with Crippen molar-refractivity contribution in [2.75, 3.05) is 4.90 Å². The Morgan fingerprint density at radius 3 is 2.68 bits per heavy atom. The molecule has 138 valence electrons. The van der Waals surface area contributed by atoms with Crippen molar-refractivity contribution < 1.29 is 9.21 Å². The number of anilines is 1. The minimum absolute atomic E-state index is 0.0323. The molecule has 0 radical (unpaired) electrons. The van der Waals surface area contributed by atoms with Gasteiger partial charge in [-0.05, 0) is 38.1 Å². The van der Waals surface area contributed by atoms with E-state index in [2.05, 4.69) is 15.2 Å². The molecule has 5 rings (SSSR count). The van der Waals surface area contributed by atoms with Crippen LogP contribution in [0.2, 0.25) is 0 Å². The molecule has 0 bridgehead atoms. The molecule has 0 saturated carbocycles. The van der Waals surface area contributed by atoms with Gasteiger partial charge in [-0.2, -0.15) is 0 Å². The highest BCUT2D eigenvalue weighted by atomic mass is 32.1. The summed E-state index contributed by atoms with van der Waals surface area (Å²) in [4.78, 5) is 32.5. The molecule has 0 N–H and O–H groups in total. The van der Waals surface area contributed by atoms with Gasteiger partial charge in [-0.15, -0.1) is 10.2 Å². The van der Waals surface area contributed by atoms with Gasteiger partial charge in [0.1, 0.15) is 16.6 Å². The summed E-state index contributed by atoms with van der Waals surface area (Å²) in [7, 11) is 0. The molecule has 0 fully saturated rings. The van der Waals surface area contributed by atoms with Crippen LogP contribution in [0.15, 0.2) is 51.8 Å². The first-order valence-corrected chi connectivity index (χ1v) is 9.48. The van der Waals surface area contributed by atoms with Crippen LogP contribution in [0, 0.1) is 13.8 Å². The van der Waals surface area contributed by atoms with Crippen LogP contribution >= 0.6 is 11.3 Å². The number of hydrogen-bond donors (Lipinski definition) is 0. The lowest BCUT2D eigenvalue weighted by molar-refractivity contribution is 0.0970. The normalized spacial score (nSPS) is 16.0. The smallest absolute Gasteiger partial charge is 0.297 e. The number of hydrogen-bond acceptors (Lipinski definition) is 7. The van der Waals surface area contributed by atoms with Crippen LogP contribution in [0.25, 0.3) is 11.0 Å². The molecule has 1 amide bonds. The van der Waals surface area contributed by atoms with Crippen molar-refractivity contribution in [3.05, 3.63) is 80.4 Å².